The van der Waals surface area contributed by atoms with E-state index in [1.807, 2.05) is 14.1 Å². The van der Waals surface area contributed by atoms with Crippen LogP contribution in [0.4, 0.5) is 26.3 Å². The number of hydrogen-bond donors (Lipinski definition) is 2. The molecule has 0 rings (SSSR count). The molecule has 0 aliphatic rings. The summed E-state index contributed by atoms with van der Waals surface area (Å²) in [6.45, 7) is -4.34. The highest BCUT2D eigenvalue weighted by Crippen LogP contribution is 2.45. The second-order valence-electron chi connectivity index (χ2n) is 2.75. The summed E-state index contributed by atoms with van der Waals surface area (Å²) < 4.78 is 85.5. The van der Waals surface area contributed by atoms with Crippen LogP contribution in [0.25, 0.3) is 0 Å². The molecule has 112 valence electrons. The van der Waals surface area contributed by atoms with Crippen LogP contribution in [0.5, 0.6) is 0 Å². The van der Waals surface area contributed by atoms with Crippen LogP contribution in [-0.2, 0) is 13.6 Å². The van der Waals surface area contributed by atoms with Crippen molar-refractivity contribution in [3.8, 4) is 0 Å². The topological polar surface area (TPSA) is 67.8 Å². The fourth-order valence-electron chi connectivity index (χ4n) is 0.347. The number of hydrogen-bond acceptors (Lipinski definition) is 4. The summed E-state index contributed by atoms with van der Waals surface area (Å²) in [5.74, 6) is 0. The standard InChI is InChI=1S/C4H5F6O4P.C2H7N/c5-3(6,7)1-13-15(11,12)14-2-4(8,9)10;1-3-2/h1-2H2,(H,11,12);3H,1-2H3. The quantitative estimate of drug-likeness (QED) is 0.615. The lowest BCUT2D eigenvalue weighted by Gasteiger charge is -2.14. The normalized spacial score (nSPS) is 12.9. The third-order valence-corrected chi connectivity index (χ3v) is 1.69. The average molecular weight is 307 g/mol. The predicted molar refractivity (Wildman–Crippen MR) is 48.8 cm³/mol. The van der Waals surface area contributed by atoms with E-state index in [0.29, 0.717) is 0 Å². The first-order valence-corrected chi connectivity index (χ1v) is 5.66. The van der Waals surface area contributed by atoms with Crippen LogP contribution in [0.3, 0.4) is 0 Å². The van der Waals surface area contributed by atoms with Crippen molar-refractivity contribution in [1.82, 2.24) is 5.32 Å². The monoisotopic (exact) mass is 307 g/mol. The Morgan fingerprint density at radius 3 is 1.39 bits per heavy atom. The Kier molecular flexibility index (Phi) is 8.82. The molecule has 0 aromatic carbocycles. The molecule has 0 aliphatic carbocycles. The third kappa shape index (κ3) is 18.0. The summed E-state index contributed by atoms with van der Waals surface area (Å²) in [4.78, 5) is 8.35. The van der Waals surface area contributed by atoms with Crippen LogP contribution in [0.1, 0.15) is 0 Å². The molecule has 0 saturated heterocycles. The average Bonchev–Trinajstić information content (AvgIpc) is 2.12. The Hall–Kier alpha value is -0.350. The van der Waals surface area contributed by atoms with Crippen molar-refractivity contribution in [1.29, 1.82) is 0 Å². The van der Waals surface area contributed by atoms with E-state index in [4.69, 9.17) is 4.89 Å². The highest BCUT2D eigenvalue weighted by molar-refractivity contribution is 7.47. The lowest BCUT2D eigenvalue weighted by atomic mass is 10.7. The largest absolute Gasteiger partial charge is 0.472 e. The molecule has 18 heavy (non-hydrogen) atoms. The number of halogens is 6. The third-order valence-electron chi connectivity index (χ3n) is 0.783. The van der Waals surface area contributed by atoms with Gasteiger partial charge in [0, 0.05) is 0 Å². The zero-order valence-electron chi connectivity index (χ0n) is 9.30. The van der Waals surface area contributed by atoms with E-state index < -0.39 is 33.4 Å². The molecule has 0 unspecified atom stereocenters. The molecular formula is C6H12F6NO4P. The van der Waals surface area contributed by atoms with Crippen LogP contribution >= 0.6 is 7.82 Å². The van der Waals surface area contributed by atoms with Crippen molar-refractivity contribution < 1.29 is 44.8 Å². The molecule has 5 nitrogen and oxygen atoms in total. The van der Waals surface area contributed by atoms with Gasteiger partial charge >= 0.3 is 20.2 Å². The molecular weight excluding hydrogens is 295 g/mol. The molecule has 0 radical (unpaired) electrons. The summed E-state index contributed by atoms with van der Waals surface area (Å²) >= 11 is 0. The van der Waals surface area contributed by atoms with Gasteiger partial charge in [-0.2, -0.15) is 26.3 Å². The Morgan fingerprint density at radius 1 is 1.00 bits per heavy atom. The predicted octanol–water partition coefficient (Wildman–Crippen LogP) is 2.08. The van der Waals surface area contributed by atoms with E-state index >= 15 is 0 Å². The molecule has 0 aliphatic heterocycles. The maximum Gasteiger partial charge on any atom is 0.472 e. The molecule has 0 aromatic rings. The van der Waals surface area contributed by atoms with Crippen molar-refractivity contribution >= 4 is 7.82 Å². The highest BCUT2D eigenvalue weighted by atomic mass is 31.2. The van der Waals surface area contributed by atoms with E-state index in [0.717, 1.165) is 0 Å². The van der Waals surface area contributed by atoms with Crippen LogP contribution in [0.2, 0.25) is 0 Å². The molecule has 2 N–H and O–H groups in total. The van der Waals surface area contributed by atoms with E-state index in [1.165, 1.54) is 0 Å². The Bertz CT molecular complexity index is 246. The van der Waals surface area contributed by atoms with Gasteiger partial charge in [-0.15, -0.1) is 0 Å². The van der Waals surface area contributed by atoms with Gasteiger partial charge in [0.25, 0.3) is 0 Å². The van der Waals surface area contributed by atoms with Gasteiger partial charge in [-0.25, -0.2) is 4.57 Å². The summed E-state index contributed by atoms with van der Waals surface area (Å²) in [5.41, 5.74) is 0. The molecule has 0 saturated carbocycles. The van der Waals surface area contributed by atoms with E-state index in [9.17, 15) is 30.9 Å². The molecule has 0 fully saturated rings. The van der Waals surface area contributed by atoms with Gasteiger partial charge in [-0.1, -0.05) is 0 Å². The number of alkyl halides is 6. The molecule has 0 amide bonds. The van der Waals surface area contributed by atoms with Gasteiger partial charge in [0.15, 0.2) is 13.2 Å². The Balaban J connectivity index is 0. The van der Waals surface area contributed by atoms with Crippen LogP contribution < -0.4 is 5.32 Å². The molecule has 0 heterocycles. The van der Waals surface area contributed by atoms with Gasteiger partial charge in [0.1, 0.15) is 0 Å². The Labute approximate surface area is 98.7 Å². The first kappa shape index (κ1) is 20.0. The highest BCUT2D eigenvalue weighted by Gasteiger charge is 2.37. The summed E-state index contributed by atoms with van der Waals surface area (Å²) in [5, 5.41) is 2.75. The van der Waals surface area contributed by atoms with Gasteiger partial charge < -0.3 is 10.2 Å². The van der Waals surface area contributed by atoms with Gasteiger partial charge in [0.2, 0.25) is 0 Å². The zero-order valence-corrected chi connectivity index (χ0v) is 10.2. The second kappa shape index (κ2) is 7.95. The van der Waals surface area contributed by atoms with Crippen LogP contribution in [0.15, 0.2) is 0 Å². The molecule has 0 spiro atoms. The minimum absolute atomic E-state index is 1.88. The fourth-order valence-corrected chi connectivity index (χ4v) is 1.04. The second-order valence-corrected chi connectivity index (χ2v) is 4.20. The van der Waals surface area contributed by atoms with Gasteiger partial charge in [-0.05, 0) is 14.1 Å². The summed E-state index contributed by atoms with van der Waals surface area (Å²) in [6, 6.07) is 0. The summed E-state index contributed by atoms with van der Waals surface area (Å²) in [7, 11) is -1.58. The summed E-state index contributed by atoms with van der Waals surface area (Å²) in [6.07, 6.45) is -9.86. The maximum atomic E-state index is 11.4. The SMILES string of the molecule is CNC.O=P(O)(OCC(F)(F)F)OCC(F)(F)F. The van der Waals surface area contributed by atoms with Crippen molar-refractivity contribution in [2.24, 2.45) is 0 Å². The molecule has 0 bridgehead atoms. The van der Waals surface area contributed by atoms with Crippen LogP contribution in [-0.4, -0.2) is 44.6 Å². The van der Waals surface area contributed by atoms with E-state index in [1.54, 1.807) is 0 Å². The van der Waals surface area contributed by atoms with Crippen molar-refractivity contribution in [2.75, 3.05) is 27.3 Å². The molecule has 12 heteroatoms. The van der Waals surface area contributed by atoms with Gasteiger partial charge in [0.05, 0.1) is 0 Å². The Morgan fingerprint density at radius 2 is 1.22 bits per heavy atom. The van der Waals surface area contributed by atoms with E-state index in [2.05, 4.69) is 14.4 Å². The number of nitrogens with one attached hydrogen (secondary N) is 1. The van der Waals surface area contributed by atoms with Gasteiger partial charge in [-0.3, -0.25) is 9.05 Å². The van der Waals surface area contributed by atoms with Crippen molar-refractivity contribution in [3.63, 3.8) is 0 Å². The zero-order chi connectivity index (χ0) is 15.0. The minimum Gasteiger partial charge on any atom is -0.323 e. The first-order valence-electron chi connectivity index (χ1n) is 4.17. The minimum atomic E-state index is -5.33. The molecule has 0 aromatic heterocycles. The van der Waals surface area contributed by atoms with Crippen molar-refractivity contribution in [2.45, 2.75) is 12.4 Å². The lowest BCUT2D eigenvalue weighted by molar-refractivity contribution is -0.169. The fraction of sp³-hybridized carbons (Fsp3) is 1.00. The number of phosphoric ester groups is 1. The number of rotatable bonds is 4. The van der Waals surface area contributed by atoms with Crippen LogP contribution in [0, 0.1) is 0 Å². The smallest absolute Gasteiger partial charge is 0.323 e. The maximum absolute atomic E-state index is 11.4. The van der Waals surface area contributed by atoms with Crippen molar-refractivity contribution in [3.05, 3.63) is 0 Å². The molecule has 0 atom stereocenters. The lowest BCUT2D eigenvalue weighted by Crippen LogP contribution is -2.19. The number of phosphoric acid groups is 1. The van der Waals surface area contributed by atoms with E-state index in [-0.39, 0.29) is 0 Å². The first-order chi connectivity index (χ1) is 7.83.